The van der Waals surface area contributed by atoms with Gasteiger partial charge in [-0.25, -0.2) is 0 Å². The lowest BCUT2D eigenvalue weighted by molar-refractivity contribution is 0.439. The SMILES string of the molecule is Clc1cc2c(c3ccccc13)O[CH]C2. The second-order valence-electron chi connectivity index (χ2n) is 3.38. The summed E-state index contributed by atoms with van der Waals surface area (Å²) in [6.45, 7) is 1.81. The Hall–Kier alpha value is -1.21. The van der Waals surface area contributed by atoms with Crippen LogP contribution in [0.1, 0.15) is 5.56 Å². The van der Waals surface area contributed by atoms with Crippen LogP contribution in [0.4, 0.5) is 0 Å². The van der Waals surface area contributed by atoms with E-state index >= 15 is 0 Å². The molecule has 0 unspecified atom stereocenters. The summed E-state index contributed by atoms with van der Waals surface area (Å²) in [4.78, 5) is 0. The average Bonchev–Trinajstić information content (AvgIpc) is 2.66. The van der Waals surface area contributed by atoms with Crippen molar-refractivity contribution < 1.29 is 4.74 Å². The molecule has 0 fully saturated rings. The summed E-state index contributed by atoms with van der Waals surface area (Å²) >= 11 is 6.17. The van der Waals surface area contributed by atoms with Crippen LogP contribution in [-0.2, 0) is 6.42 Å². The van der Waals surface area contributed by atoms with Gasteiger partial charge in [0.1, 0.15) is 12.4 Å². The fourth-order valence-corrected chi connectivity index (χ4v) is 2.16. The summed E-state index contributed by atoms with van der Waals surface area (Å²) in [6, 6.07) is 10.0. The first-order valence-corrected chi connectivity index (χ1v) is 4.92. The molecule has 0 amide bonds. The summed E-state index contributed by atoms with van der Waals surface area (Å²) < 4.78 is 5.48. The zero-order chi connectivity index (χ0) is 9.54. The number of halogens is 1. The molecule has 1 nitrogen and oxygen atoms in total. The Bertz CT molecular complexity index is 505. The molecule has 0 saturated carbocycles. The highest BCUT2D eigenvalue weighted by atomic mass is 35.5. The van der Waals surface area contributed by atoms with Crippen molar-refractivity contribution in [2.45, 2.75) is 6.42 Å². The van der Waals surface area contributed by atoms with Gasteiger partial charge in [0.15, 0.2) is 0 Å². The third-order valence-electron chi connectivity index (χ3n) is 2.53. The first kappa shape index (κ1) is 8.13. The van der Waals surface area contributed by atoms with Crippen LogP contribution in [0.5, 0.6) is 5.75 Å². The molecular formula is C12H8ClO. The lowest BCUT2D eigenvalue weighted by atomic mass is 10.1. The van der Waals surface area contributed by atoms with Gasteiger partial charge >= 0.3 is 0 Å². The number of benzene rings is 2. The molecule has 0 N–H and O–H groups in total. The smallest absolute Gasteiger partial charge is 0.140 e. The molecule has 2 heteroatoms. The fourth-order valence-electron chi connectivity index (χ4n) is 1.86. The summed E-state index contributed by atoms with van der Waals surface area (Å²) in [6.07, 6.45) is 0.847. The predicted molar refractivity (Wildman–Crippen MR) is 57.6 cm³/mol. The highest BCUT2D eigenvalue weighted by Crippen LogP contribution is 2.38. The van der Waals surface area contributed by atoms with Crippen molar-refractivity contribution in [3.63, 3.8) is 0 Å². The number of hydrogen-bond donors (Lipinski definition) is 0. The second kappa shape index (κ2) is 2.89. The maximum Gasteiger partial charge on any atom is 0.140 e. The van der Waals surface area contributed by atoms with E-state index in [2.05, 4.69) is 0 Å². The van der Waals surface area contributed by atoms with Gasteiger partial charge < -0.3 is 4.74 Å². The Balaban J connectivity index is 2.47. The minimum Gasteiger partial charge on any atom is -0.485 e. The van der Waals surface area contributed by atoms with Crippen LogP contribution >= 0.6 is 11.6 Å². The minimum atomic E-state index is 0.804. The maximum atomic E-state index is 6.17. The molecule has 2 aromatic carbocycles. The van der Waals surface area contributed by atoms with Crippen molar-refractivity contribution in [3.05, 3.63) is 47.5 Å². The minimum absolute atomic E-state index is 0.804. The van der Waals surface area contributed by atoms with E-state index in [9.17, 15) is 0 Å². The van der Waals surface area contributed by atoms with E-state index in [1.54, 1.807) is 0 Å². The maximum absolute atomic E-state index is 6.17. The van der Waals surface area contributed by atoms with Crippen LogP contribution in [0.15, 0.2) is 30.3 Å². The van der Waals surface area contributed by atoms with E-state index < -0.39 is 0 Å². The Morgan fingerprint density at radius 2 is 1.93 bits per heavy atom. The molecule has 14 heavy (non-hydrogen) atoms. The first-order chi connectivity index (χ1) is 6.86. The molecule has 1 aliphatic heterocycles. The molecule has 0 spiro atoms. The molecule has 1 aliphatic rings. The van der Waals surface area contributed by atoms with Gasteiger partial charge in [-0.2, -0.15) is 0 Å². The third kappa shape index (κ3) is 1.02. The van der Waals surface area contributed by atoms with Gasteiger partial charge in [0.05, 0.1) is 0 Å². The predicted octanol–water partition coefficient (Wildman–Crippen LogP) is 3.59. The fraction of sp³-hybridized carbons (Fsp3) is 0.0833. The summed E-state index contributed by atoms with van der Waals surface area (Å²) in [5, 5.41) is 2.96. The Labute approximate surface area is 87.3 Å². The topological polar surface area (TPSA) is 9.23 Å². The molecular weight excluding hydrogens is 196 g/mol. The molecule has 1 heterocycles. The second-order valence-corrected chi connectivity index (χ2v) is 3.79. The van der Waals surface area contributed by atoms with Crippen LogP contribution in [0, 0.1) is 6.61 Å². The number of fused-ring (bicyclic) bond motifs is 3. The highest BCUT2D eigenvalue weighted by Gasteiger charge is 2.17. The summed E-state index contributed by atoms with van der Waals surface area (Å²) in [7, 11) is 0. The Kier molecular flexibility index (Phi) is 1.68. The van der Waals surface area contributed by atoms with Crippen molar-refractivity contribution in [3.8, 4) is 5.75 Å². The van der Waals surface area contributed by atoms with Gasteiger partial charge in [0.2, 0.25) is 0 Å². The zero-order valence-electron chi connectivity index (χ0n) is 7.46. The lowest BCUT2D eigenvalue weighted by Gasteiger charge is -2.05. The van der Waals surface area contributed by atoms with Gasteiger partial charge in [-0.05, 0) is 6.07 Å². The van der Waals surface area contributed by atoms with Gasteiger partial charge in [0, 0.05) is 27.8 Å². The zero-order valence-corrected chi connectivity index (χ0v) is 8.21. The molecule has 0 aromatic heterocycles. The van der Waals surface area contributed by atoms with Crippen LogP contribution in [-0.4, -0.2) is 0 Å². The molecule has 1 radical (unpaired) electrons. The monoisotopic (exact) mass is 203 g/mol. The molecule has 0 atom stereocenters. The molecule has 2 aromatic rings. The first-order valence-electron chi connectivity index (χ1n) is 4.55. The van der Waals surface area contributed by atoms with E-state index in [1.807, 2.05) is 36.9 Å². The van der Waals surface area contributed by atoms with Crippen LogP contribution in [0.25, 0.3) is 10.8 Å². The summed E-state index contributed by atoms with van der Waals surface area (Å²) in [5.41, 5.74) is 1.17. The lowest BCUT2D eigenvalue weighted by Crippen LogP contribution is -1.82. The quantitative estimate of drug-likeness (QED) is 0.636. The van der Waals surface area contributed by atoms with Crippen molar-refractivity contribution >= 4 is 22.4 Å². The van der Waals surface area contributed by atoms with Gasteiger partial charge in [-0.1, -0.05) is 35.9 Å². The van der Waals surface area contributed by atoms with Crippen LogP contribution in [0.3, 0.4) is 0 Å². The van der Waals surface area contributed by atoms with Crippen LogP contribution in [0.2, 0.25) is 5.02 Å². The molecule has 0 saturated heterocycles. The van der Waals surface area contributed by atoms with E-state index in [1.165, 1.54) is 5.56 Å². The standard InChI is InChI=1S/C12H8ClO/c13-11-7-8-5-6-14-12(8)10-4-2-1-3-9(10)11/h1-4,6-7H,5H2. The molecule has 69 valence electrons. The van der Waals surface area contributed by atoms with E-state index in [4.69, 9.17) is 16.3 Å². The van der Waals surface area contributed by atoms with Crippen molar-refractivity contribution in [2.75, 3.05) is 0 Å². The summed E-state index contributed by atoms with van der Waals surface area (Å²) in [5.74, 6) is 0.963. The number of hydrogen-bond acceptors (Lipinski definition) is 1. The van der Waals surface area contributed by atoms with Crippen molar-refractivity contribution in [1.82, 2.24) is 0 Å². The molecule has 3 rings (SSSR count). The molecule has 0 aliphatic carbocycles. The molecule has 0 bridgehead atoms. The van der Waals surface area contributed by atoms with Gasteiger partial charge in [-0.3, -0.25) is 0 Å². The highest BCUT2D eigenvalue weighted by molar-refractivity contribution is 6.36. The van der Waals surface area contributed by atoms with E-state index in [0.717, 1.165) is 28.0 Å². The van der Waals surface area contributed by atoms with E-state index in [-0.39, 0.29) is 0 Å². The van der Waals surface area contributed by atoms with E-state index in [0.29, 0.717) is 0 Å². The normalized spacial score (nSPS) is 14.1. The number of ether oxygens (including phenoxy) is 1. The van der Waals surface area contributed by atoms with Crippen molar-refractivity contribution in [1.29, 1.82) is 0 Å². The van der Waals surface area contributed by atoms with Crippen molar-refractivity contribution in [2.24, 2.45) is 0 Å². The Morgan fingerprint density at radius 3 is 2.79 bits per heavy atom. The van der Waals surface area contributed by atoms with Gasteiger partial charge in [-0.15, -0.1) is 0 Å². The third-order valence-corrected chi connectivity index (χ3v) is 2.84. The van der Waals surface area contributed by atoms with Crippen LogP contribution < -0.4 is 4.74 Å². The average molecular weight is 204 g/mol. The largest absolute Gasteiger partial charge is 0.485 e. The van der Waals surface area contributed by atoms with Gasteiger partial charge in [0.25, 0.3) is 0 Å². The number of rotatable bonds is 0. The Morgan fingerprint density at radius 1 is 1.14 bits per heavy atom.